The van der Waals surface area contributed by atoms with Crippen LogP contribution < -0.4 is 5.32 Å². The topological polar surface area (TPSA) is 34.1 Å². The fourth-order valence-electron chi connectivity index (χ4n) is 3.23. The Morgan fingerprint density at radius 1 is 1.48 bits per heavy atom. The van der Waals surface area contributed by atoms with Crippen molar-refractivity contribution in [2.75, 3.05) is 13.7 Å². The van der Waals surface area contributed by atoms with Crippen molar-refractivity contribution in [3.05, 3.63) is 15.6 Å². The van der Waals surface area contributed by atoms with E-state index >= 15 is 0 Å². The predicted octanol–water partition coefficient (Wildman–Crippen LogP) is 4.25. The van der Waals surface area contributed by atoms with Crippen molar-refractivity contribution >= 4 is 11.3 Å². The summed E-state index contributed by atoms with van der Waals surface area (Å²) in [5, 5.41) is 4.72. The maximum absolute atomic E-state index is 5.97. The second-order valence-electron chi connectivity index (χ2n) is 6.95. The van der Waals surface area contributed by atoms with Crippen molar-refractivity contribution in [2.24, 2.45) is 11.8 Å². The first kappa shape index (κ1) is 16.9. The Balaban J connectivity index is 2.12. The number of aryl methyl sites for hydroxylation is 1. The van der Waals surface area contributed by atoms with Crippen LogP contribution >= 0.6 is 11.3 Å². The largest absolute Gasteiger partial charge is 0.371 e. The first-order chi connectivity index (χ1) is 9.97. The van der Waals surface area contributed by atoms with E-state index < -0.39 is 0 Å². The third-order valence-electron chi connectivity index (χ3n) is 4.47. The number of nitrogens with one attached hydrogen (secondary N) is 1. The maximum Gasteiger partial charge on any atom is 0.125 e. The van der Waals surface area contributed by atoms with Crippen LogP contribution in [0.15, 0.2) is 0 Å². The van der Waals surface area contributed by atoms with Gasteiger partial charge in [0.15, 0.2) is 0 Å². The zero-order valence-electron chi connectivity index (χ0n) is 14.2. The molecule has 0 saturated heterocycles. The number of ether oxygens (including phenoxy) is 1. The minimum absolute atomic E-state index is 0.136. The van der Waals surface area contributed by atoms with Gasteiger partial charge in [0.25, 0.3) is 0 Å². The van der Waals surface area contributed by atoms with Crippen molar-refractivity contribution in [1.29, 1.82) is 0 Å². The van der Waals surface area contributed by atoms with Crippen LogP contribution in [-0.2, 0) is 16.9 Å². The molecule has 0 aromatic carbocycles. The summed E-state index contributed by atoms with van der Waals surface area (Å²) in [6, 6.07) is 0. The van der Waals surface area contributed by atoms with E-state index in [4.69, 9.17) is 9.72 Å². The summed E-state index contributed by atoms with van der Waals surface area (Å²) >= 11 is 1.84. The lowest BCUT2D eigenvalue weighted by Gasteiger charge is -2.37. The van der Waals surface area contributed by atoms with Crippen molar-refractivity contribution < 1.29 is 4.74 Å². The molecule has 0 spiro atoms. The Morgan fingerprint density at radius 3 is 2.86 bits per heavy atom. The number of methoxy groups -OCH3 is 1. The number of thiazole rings is 1. The van der Waals surface area contributed by atoms with E-state index in [9.17, 15) is 0 Å². The second-order valence-corrected chi connectivity index (χ2v) is 8.04. The van der Waals surface area contributed by atoms with Crippen LogP contribution in [-0.4, -0.2) is 18.6 Å². The Kier molecular flexibility index (Phi) is 5.81. The lowest BCUT2D eigenvalue weighted by molar-refractivity contribution is -0.0581. The molecule has 0 bridgehead atoms. The van der Waals surface area contributed by atoms with E-state index in [0.717, 1.165) is 31.8 Å². The highest BCUT2D eigenvalue weighted by atomic mass is 32.1. The summed E-state index contributed by atoms with van der Waals surface area (Å²) in [5.74, 6) is 1.41. The summed E-state index contributed by atoms with van der Waals surface area (Å²) in [5.41, 5.74) is 1.03. The van der Waals surface area contributed by atoms with Gasteiger partial charge in [-0.15, -0.1) is 11.3 Å². The van der Waals surface area contributed by atoms with E-state index in [1.807, 2.05) is 18.4 Å². The molecule has 1 fully saturated rings. The first-order valence-electron chi connectivity index (χ1n) is 8.19. The van der Waals surface area contributed by atoms with E-state index in [1.54, 1.807) is 0 Å². The van der Waals surface area contributed by atoms with Crippen molar-refractivity contribution in [3.63, 3.8) is 0 Å². The average Bonchev–Trinajstić information content (AvgIpc) is 2.80. The van der Waals surface area contributed by atoms with Crippen molar-refractivity contribution in [2.45, 2.75) is 65.5 Å². The molecule has 0 radical (unpaired) electrons. The number of nitrogens with zero attached hydrogens (tertiary/aromatic N) is 1. The van der Waals surface area contributed by atoms with E-state index in [0.29, 0.717) is 5.92 Å². The van der Waals surface area contributed by atoms with E-state index in [-0.39, 0.29) is 5.60 Å². The van der Waals surface area contributed by atoms with Crippen LogP contribution in [0.4, 0.5) is 0 Å². The zero-order chi connectivity index (χ0) is 15.5. The van der Waals surface area contributed by atoms with Gasteiger partial charge < -0.3 is 10.1 Å². The highest BCUT2D eigenvalue weighted by Crippen LogP contribution is 2.44. The fraction of sp³-hybridized carbons (Fsp3) is 0.824. The molecule has 0 amide bonds. The van der Waals surface area contributed by atoms with Crippen LogP contribution in [0.5, 0.6) is 0 Å². The second kappa shape index (κ2) is 7.21. The van der Waals surface area contributed by atoms with Gasteiger partial charge >= 0.3 is 0 Å². The van der Waals surface area contributed by atoms with Crippen molar-refractivity contribution in [3.8, 4) is 0 Å². The van der Waals surface area contributed by atoms with Gasteiger partial charge in [-0.2, -0.15) is 0 Å². The van der Waals surface area contributed by atoms with Crippen LogP contribution in [0.3, 0.4) is 0 Å². The molecule has 2 rings (SSSR count). The number of hydrogen-bond donors (Lipinski definition) is 1. The Labute approximate surface area is 133 Å². The molecule has 0 aliphatic heterocycles. The lowest BCUT2D eigenvalue weighted by atomic mass is 9.79. The molecule has 1 aromatic heterocycles. The fourth-order valence-corrected chi connectivity index (χ4v) is 4.47. The van der Waals surface area contributed by atoms with Crippen LogP contribution in [0.1, 0.15) is 62.0 Å². The van der Waals surface area contributed by atoms with Crippen molar-refractivity contribution in [1.82, 2.24) is 10.3 Å². The van der Waals surface area contributed by atoms with Crippen LogP contribution in [0.2, 0.25) is 0 Å². The van der Waals surface area contributed by atoms with Gasteiger partial charge in [0.05, 0.1) is 5.69 Å². The molecule has 120 valence electrons. The maximum atomic E-state index is 5.97. The minimum Gasteiger partial charge on any atom is -0.371 e. The molecule has 1 aromatic rings. The number of aromatic nitrogens is 1. The van der Waals surface area contributed by atoms with Gasteiger partial charge in [-0.3, -0.25) is 0 Å². The van der Waals surface area contributed by atoms with Gasteiger partial charge in [0, 0.05) is 18.5 Å². The third kappa shape index (κ3) is 4.05. The summed E-state index contributed by atoms with van der Waals surface area (Å²) in [4.78, 5) is 6.22. The number of rotatable bonds is 6. The molecule has 2 unspecified atom stereocenters. The molecular formula is C17H30N2OS. The summed E-state index contributed by atoms with van der Waals surface area (Å²) in [6.07, 6.45) is 4.78. The standard InChI is InChI=1S/C17H30N2OS/c1-12(2)10-18-11-15-14(4)19-16(21-15)17(20-5)8-6-7-13(3)9-17/h12-13,18H,6-11H2,1-5H3. The minimum atomic E-state index is -0.136. The molecular weight excluding hydrogens is 280 g/mol. The van der Waals surface area contributed by atoms with Gasteiger partial charge in [-0.25, -0.2) is 4.98 Å². The van der Waals surface area contributed by atoms with Gasteiger partial charge in [0.1, 0.15) is 10.6 Å². The van der Waals surface area contributed by atoms with Crippen LogP contribution in [0, 0.1) is 18.8 Å². The molecule has 1 heterocycles. The molecule has 1 saturated carbocycles. The zero-order valence-corrected chi connectivity index (χ0v) is 15.0. The molecule has 1 N–H and O–H groups in total. The number of hydrogen-bond acceptors (Lipinski definition) is 4. The van der Waals surface area contributed by atoms with Crippen LogP contribution in [0.25, 0.3) is 0 Å². The monoisotopic (exact) mass is 310 g/mol. The van der Waals surface area contributed by atoms with E-state index in [2.05, 4.69) is 33.0 Å². The Bertz CT molecular complexity index is 458. The molecule has 4 heteroatoms. The normalized spacial score (nSPS) is 26.5. The smallest absolute Gasteiger partial charge is 0.125 e. The predicted molar refractivity (Wildman–Crippen MR) is 89.7 cm³/mol. The molecule has 2 atom stereocenters. The average molecular weight is 311 g/mol. The Hall–Kier alpha value is -0.450. The molecule has 1 aliphatic carbocycles. The molecule has 21 heavy (non-hydrogen) atoms. The van der Waals surface area contributed by atoms with Gasteiger partial charge in [-0.05, 0) is 44.6 Å². The van der Waals surface area contributed by atoms with Gasteiger partial charge in [0.2, 0.25) is 0 Å². The third-order valence-corrected chi connectivity index (χ3v) is 5.81. The summed E-state index contributed by atoms with van der Waals surface area (Å²) in [7, 11) is 1.85. The quantitative estimate of drug-likeness (QED) is 0.853. The summed E-state index contributed by atoms with van der Waals surface area (Å²) in [6.45, 7) is 10.9. The Morgan fingerprint density at radius 2 is 2.24 bits per heavy atom. The molecule has 1 aliphatic rings. The highest BCUT2D eigenvalue weighted by Gasteiger charge is 2.39. The highest BCUT2D eigenvalue weighted by molar-refractivity contribution is 7.11. The SMILES string of the molecule is COC1(c2nc(C)c(CNCC(C)C)s2)CCCC(C)C1. The summed E-state index contributed by atoms with van der Waals surface area (Å²) < 4.78 is 5.97. The van der Waals surface area contributed by atoms with E-state index in [1.165, 1.54) is 28.4 Å². The van der Waals surface area contributed by atoms with Gasteiger partial charge in [-0.1, -0.05) is 27.2 Å². The molecule has 3 nitrogen and oxygen atoms in total. The first-order valence-corrected chi connectivity index (χ1v) is 9.01. The lowest BCUT2D eigenvalue weighted by Crippen LogP contribution is -2.34.